The van der Waals surface area contributed by atoms with Crippen LogP contribution >= 0.6 is 0 Å². The molecule has 4 N–H and O–H groups in total. The minimum atomic E-state index is -0.906. The van der Waals surface area contributed by atoms with Gasteiger partial charge in [-0.3, -0.25) is 14.4 Å². The molecule has 254 valence electrons. The second-order valence-corrected chi connectivity index (χ2v) is 9.26. The van der Waals surface area contributed by atoms with Crippen LogP contribution in [0.5, 0.6) is 0 Å². The Balaban J connectivity index is -0.00000178. The number of terminal acetylenes is 1. The monoisotopic (exact) mass is 631 g/mol. The van der Waals surface area contributed by atoms with Crippen molar-refractivity contribution in [3.05, 3.63) is 58.5 Å². The molecule has 0 spiro atoms. The van der Waals surface area contributed by atoms with Gasteiger partial charge in [-0.25, -0.2) is 4.79 Å². The van der Waals surface area contributed by atoms with E-state index in [4.69, 9.17) is 15.2 Å². The smallest absolute Gasteiger partial charge is 0.405 e. The fourth-order valence-corrected chi connectivity index (χ4v) is 3.97. The third-order valence-corrected chi connectivity index (χ3v) is 6.07. The molecule has 2 atom stereocenters. The highest BCUT2D eigenvalue weighted by Gasteiger charge is 2.29. The summed E-state index contributed by atoms with van der Waals surface area (Å²) in [5.41, 5.74) is 6.97. The molecule has 2 aliphatic rings. The van der Waals surface area contributed by atoms with Gasteiger partial charge in [-0.1, -0.05) is 52.8 Å². The van der Waals surface area contributed by atoms with E-state index in [-0.39, 0.29) is 23.4 Å². The first-order valence-corrected chi connectivity index (χ1v) is 15.4. The molecule has 10 heteroatoms. The van der Waals surface area contributed by atoms with Crippen molar-refractivity contribution in [2.24, 2.45) is 5.73 Å². The number of primary amides is 1. The summed E-state index contributed by atoms with van der Waals surface area (Å²) in [6.07, 6.45) is 18.1. The number of hydrogen-bond acceptors (Lipinski definition) is 8. The largest absolute Gasteiger partial charge is 0.438 e. The molecule has 0 aromatic heterocycles. The van der Waals surface area contributed by atoms with Crippen LogP contribution in [0.15, 0.2) is 58.5 Å². The highest BCUT2D eigenvalue weighted by Crippen LogP contribution is 2.24. The van der Waals surface area contributed by atoms with Gasteiger partial charge in [0, 0.05) is 45.1 Å². The molecule has 45 heavy (non-hydrogen) atoms. The van der Waals surface area contributed by atoms with Crippen LogP contribution in [0.4, 0.5) is 4.79 Å². The maximum atomic E-state index is 13.3. The van der Waals surface area contributed by atoms with Gasteiger partial charge in [-0.2, -0.15) is 0 Å². The molecule has 0 saturated carbocycles. The zero-order valence-electron chi connectivity index (χ0n) is 29.1. The quantitative estimate of drug-likeness (QED) is 0.195. The van der Waals surface area contributed by atoms with Crippen LogP contribution in [0.25, 0.3) is 0 Å². The normalized spacial score (nSPS) is 21.8. The van der Waals surface area contributed by atoms with Gasteiger partial charge in [0.25, 0.3) is 5.91 Å². The lowest BCUT2D eigenvalue weighted by molar-refractivity contribution is -0.120. The van der Waals surface area contributed by atoms with Gasteiger partial charge in [-0.05, 0) is 64.0 Å². The first kappa shape index (κ1) is 45.5. The van der Waals surface area contributed by atoms with E-state index in [0.29, 0.717) is 49.1 Å². The summed E-state index contributed by atoms with van der Waals surface area (Å²) < 4.78 is 15.1. The topological polar surface area (TPSA) is 146 Å². The molecule has 1 aliphatic carbocycles. The van der Waals surface area contributed by atoms with Crippen molar-refractivity contribution >= 4 is 23.6 Å². The number of fused-ring (bicyclic) bond motifs is 2. The van der Waals surface area contributed by atoms with E-state index < -0.39 is 18.1 Å². The van der Waals surface area contributed by atoms with Crippen molar-refractivity contribution in [3.8, 4) is 12.8 Å². The van der Waals surface area contributed by atoms with Crippen LogP contribution in [0.1, 0.15) is 87.0 Å². The van der Waals surface area contributed by atoms with E-state index in [1.165, 1.54) is 12.2 Å². The number of amides is 2. The molecular weight excluding hydrogens is 574 g/mol. The van der Waals surface area contributed by atoms with Gasteiger partial charge in [0.2, 0.25) is 11.6 Å². The lowest BCUT2D eigenvalue weighted by atomic mass is 9.91. The van der Waals surface area contributed by atoms with Gasteiger partial charge in [0.05, 0.1) is 17.5 Å². The standard InChI is InChI=1S/C27H37N3O6.C2H6O.2C2H6.C2H2/c1-5-15-29-24-20-13-8-12-19(35-4)11-6-9-17(2)23(36-27(28)34)14-7-10-18(3)26(33)30-21(25(20)32)16-22(24)31;1-3-2;3*1-2/h7,9-10,14,16,19,23,29H,5-6,8,11-13,15H2,1-4H3,(H2,28,34)(H,30,33);1-2H3;2*1-2H3;1-2H/b14-7-,17-9+,18-10+;;;;/t19-,23-;;;;/m1..../s1. The van der Waals surface area contributed by atoms with E-state index in [9.17, 15) is 19.2 Å². The molecule has 0 fully saturated rings. The Morgan fingerprint density at radius 1 is 1.07 bits per heavy atom. The third-order valence-electron chi connectivity index (χ3n) is 6.07. The molecule has 1 aliphatic heterocycles. The Bertz CT molecular complexity index is 1080. The third kappa shape index (κ3) is 18.5. The van der Waals surface area contributed by atoms with Gasteiger partial charge in [0.15, 0.2) is 0 Å². The average molecular weight is 632 g/mol. The number of ketones is 2. The number of allylic oxidation sites excluding steroid dienone is 5. The minimum Gasteiger partial charge on any atom is -0.438 e. The van der Waals surface area contributed by atoms with Gasteiger partial charge >= 0.3 is 6.09 Å². The number of methoxy groups -OCH3 is 2. The van der Waals surface area contributed by atoms with Gasteiger partial charge < -0.3 is 30.6 Å². The molecule has 0 unspecified atom stereocenters. The number of Topliss-reactive ketones (excluding diaryl/α,β-unsaturated/α-hetero) is 1. The maximum Gasteiger partial charge on any atom is 0.405 e. The van der Waals surface area contributed by atoms with E-state index in [1.807, 2.05) is 47.6 Å². The Labute approximate surface area is 271 Å². The van der Waals surface area contributed by atoms with Crippen LogP contribution in [-0.4, -0.2) is 63.6 Å². The van der Waals surface area contributed by atoms with Crippen molar-refractivity contribution in [2.75, 3.05) is 27.9 Å². The number of hydrogen-bond donors (Lipinski definition) is 3. The van der Waals surface area contributed by atoms with Gasteiger partial charge in [0.1, 0.15) is 6.10 Å². The molecule has 0 radical (unpaired) electrons. The summed E-state index contributed by atoms with van der Waals surface area (Å²) in [5.74, 6) is -1.22. The Hall–Kier alpha value is -3.94. The van der Waals surface area contributed by atoms with Crippen LogP contribution in [0.3, 0.4) is 0 Å². The second kappa shape index (κ2) is 28.8. The highest BCUT2D eigenvalue weighted by molar-refractivity contribution is 6.23. The highest BCUT2D eigenvalue weighted by atomic mass is 16.6. The second-order valence-electron chi connectivity index (χ2n) is 9.26. The van der Waals surface area contributed by atoms with E-state index in [2.05, 4.69) is 28.2 Å². The van der Waals surface area contributed by atoms with E-state index >= 15 is 0 Å². The number of carbonyl (C=O) groups is 4. The molecule has 10 nitrogen and oxygen atoms in total. The average Bonchev–Trinajstić information content (AvgIpc) is 3.03. The van der Waals surface area contributed by atoms with Crippen LogP contribution < -0.4 is 16.4 Å². The summed E-state index contributed by atoms with van der Waals surface area (Å²) >= 11 is 0. The Morgan fingerprint density at radius 3 is 2.20 bits per heavy atom. The molecule has 0 saturated heterocycles. The first-order valence-electron chi connectivity index (χ1n) is 15.4. The van der Waals surface area contributed by atoms with E-state index in [1.54, 1.807) is 40.4 Å². The zero-order valence-corrected chi connectivity index (χ0v) is 29.1. The molecule has 0 aromatic carbocycles. The lowest BCUT2D eigenvalue weighted by Gasteiger charge is -2.22. The van der Waals surface area contributed by atoms with Crippen LogP contribution in [0.2, 0.25) is 0 Å². The first-order chi connectivity index (χ1) is 21.6. The molecule has 0 aromatic rings. The summed E-state index contributed by atoms with van der Waals surface area (Å²) in [6.45, 7) is 14.0. The fraction of sp³-hybridized carbons (Fsp3) is 0.543. The van der Waals surface area contributed by atoms with Crippen molar-refractivity contribution < 1.29 is 33.4 Å². The van der Waals surface area contributed by atoms with Crippen LogP contribution in [0, 0.1) is 12.8 Å². The van der Waals surface area contributed by atoms with Gasteiger partial charge in [-0.15, -0.1) is 12.8 Å². The summed E-state index contributed by atoms with van der Waals surface area (Å²) in [5, 5.41) is 5.67. The number of carbonyl (C=O) groups excluding carboxylic acids is 4. The summed E-state index contributed by atoms with van der Waals surface area (Å²) in [7, 11) is 4.89. The SMILES string of the molecule is C#C.CC.CC.CCCNC1=C2CCC[C@H](OC)CC/C=C(\C)[C@H](OC(N)=O)/C=C\C=C(/C)C(=O)NC(=CC1=O)C2=O.COC. The van der Waals surface area contributed by atoms with Crippen LogP contribution in [-0.2, 0) is 28.6 Å². The Kier molecular flexibility index (Phi) is 29.1. The molecule has 2 amide bonds. The van der Waals surface area contributed by atoms with Crippen molar-refractivity contribution in [1.82, 2.24) is 10.6 Å². The zero-order chi connectivity index (χ0) is 35.4. The van der Waals surface area contributed by atoms with Crippen molar-refractivity contribution in [2.45, 2.75) is 99.2 Å². The van der Waals surface area contributed by atoms with Crippen molar-refractivity contribution in [3.63, 3.8) is 0 Å². The number of rotatable bonds is 5. The van der Waals surface area contributed by atoms with E-state index in [0.717, 1.165) is 18.4 Å². The predicted molar refractivity (Wildman–Crippen MR) is 182 cm³/mol. The van der Waals surface area contributed by atoms with Crippen molar-refractivity contribution in [1.29, 1.82) is 0 Å². The molecule has 2 bridgehead atoms. The lowest BCUT2D eigenvalue weighted by Crippen LogP contribution is -2.36. The minimum absolute atomic E-state index is 0.0445. The molecule has 2 rings (SSSR count). The summed E-state index contributed by atoms with van der Waals surface area (Å²) in [6, 6.07) is 0. The Morgan fingerprint density at radius 2 is 1.67 bits per heavy atom. The molecule has 1 heterocycles. The molecular formula is C35H57N3O7. The number of nitrogens with one attached hydrogen (secondary N) is 2. The number of nitrogens with two attached hydrogens (primary N) is 1. The predicted octanol–water partition coefficient (Wildman–Crippen LogP) is 5.85. The number of ether oxygens (including phenoxy) is 3. The maximum absolute atomic E-state index is 13.3. The summed E-state index contributed by atoms with van der Waals surface area (Å²) in [4.78, 5) is 50.2. The fourth-order valence-electron chi connectivity index (χ4n) is 3.97.